The summed E-state index contributed by atoms with van der Waals surface area (Å²) in [4.78, 5) is 22.5. The first-order valence-corrected chi connectivity index (χ1v) is 13.4. The zero-order chi connectivity index (χ0) is 25.4. The van der Waals surface area contributed by atoms with Gasteiger partial charge in [0, 0.05) is 63.8 Å². The van der Waals surface area contributed by atoms with E-state index < -0.39 is 0 Å². The van der Waals surface area contributed by atoms with Crippen molar-refractivity contribution < 1.29 is 14.6 Å². The van der Waals surface area contributed by atoms with Gasteiger partial charge in [-0.15, -0.1) is 0 Å². The molecule has 9 nitrogen and oxygen atoms in total. The van der Waals surface area contributed by atoms with Crippen molar-refractivity contribution in [3.63, 3.8) is 0 Å². The number of benzene rings is 2. The van der Waals surface area contributed by atoms with E-state index in [9.17, 15) is 9.90 Å². The van der Waals surface area contributed by atoms with Crippen molar-refractivity contribution in [2.75, 3.05) is 59.5 Å². The number of hydrogen-bond acceptors (Lipinski definition) is 7. The predicted molar refractivity (Wildman–Crippen MR) is 142 cm³/mol. The molecule has 1 amide bonds. The van der Waals surface area contributed by atoms with Crippen LogP contribution in [0.4, 0.5) is 0 Å². The summed E-state index contributed by atoms with van der Waals surface area (Å²) in [6.45, 7) is 9.89. The molecule has 196 valence electrons. The second-order valence-electron chi connectivity index (χ2n) is 10.7. The largest absolute Gasteiger partial charge is 0.507 e. The lowest BCUT2D eigenvalue weighted by atomic mass is 10.1. The predicted octanol–water partition coefficient (Wildman–Crippen LogP) is 2.65. The highest BCUT2D eigenvalue weighted by Gasteiger charge is 2.27. The Balaban J connectivity index is 1.11. The first-order valence-electron chi connectivity index (χ1n) is 13.4. The Morgan fingerprint density at radius 2 is 1.78 bits per heavy atom. The molecule has 0 unspecified atom stereocenters. The normalized spacial score (nSPS) is 19.1. The van der Waals surface area contributed by atoms with Gasteiger partial charge in [-0.1, -0.05) is 6.07 Å². The first-order chi connectivity index (χ1) is 18.0. The summed E-state index contributed by atoms with van der Waals surface area (Å²) in [6, 6.07) is 9.54. The Labute approximate surface area is 217 Å². The Kier molecular flexibility index (Phi) is 6.75. The molecule has 2 fully saturated rings. The molecule has 2 saturated heterocycles. The fourth-order valence-corrected chi connectivity index (χ4v) is 5.69. The average Bonchev–Trinajstić information content (AvgIpc) is 3.65. The van der Waals surface area contributed by atoms with Crippen molar-refractivity contribution in [1.29, 1.82) is 0 Å². The third kappa shape index (κ3) is 5.16. The number of aromatic nitrogens is 2. The molecule has 0 atom stereocenters. The molecule has 0 radical (unpaired) electrons. The third-order valence-electron chi connectivity index (χ3n) is 8.02. The van der Waals surface area contributed by atoms with Gasteiger partial charge < -0.3 is 19.6 Å². The van der Waals surface area contributed by atoms with Crippen molar-refractivity contribution >= 4 is 16.8 Å². The van der Waals surface area contributed by atoms with E-state index in [1.807, 2.05) is 6.07 Å². The molecule has 0 bridgehead atoms. The molecule has 3 aromatic rings. The third-order valence-corrected chi connectivity index (χ3v) is 8.02. The van der Waals surface area contributed by atoms with E-state index in [0.717, 1.165) is 85.8 Å². The average molecular weight is 505 g/mol. The minimum Gasteiger partial charge on any atom is -0.507 e. The van der Waals surface area contributed by atoms with Gasteiger partial charge in [-0.25, -0.2) is 0 Å². The Hall–Kier alpha value is -3.14. The van der Waals surface area contributed by atoms with Gasteiger partial charge in [0.25, 0.3) is 5.91 Å². The fraction of sp³-hybridized carbons (Fsp3) is 0.500. The molecule has 3 aliphatic heterocycles. The van der Waals surface area contributed by atoms with Gasteiger partial charge in [-0.3, -0.25) is 19.7 Å². The van der Waals surface area contributed by atoms with E-state index in [1.54, 1.807) is 17.0 Å². The number of H-pyrrole nitrogens is 1. The first kappa shape index (κ1) is 24.2. The number of phenols is 1. The van der Waals surface area contributed by atoms with Crippen LogP contribution in [0.1, 0.15) is 40.0 Å². The number of hydrogen-bond donors (Lipinski definition) is 2. The molecule has 2 aromatic carbocycles. The summed E-state index contributed by atoms with van der Waals surface area (Å²) in [6.07, 6.45) is 2.43. The van der Waals surface area contributed by atoms with Gasteiger partial charge in [-0.2, -0.15) is 5.10 Å². The number of rotatable bonds is 7. The molecular weight excluding hydrogens is 468 g/mol. The van der Waals surface area contributed by atoms with Crippen LogP contribution in [0, 0.1) is 0 Å². The van der Waals surface area contributed by atoms with Crippen molar-refractivity contribution in [2.45, 2.75) is 32.5 Å². The number of carbonyl (C=O) groups is 1. The smallest absolute Gasteiger partial charge is 0.258 e. The maximum absolute atomic E-state index is 13.5. The highest BCUT2D eigenvalue weighted by molar-refractivity contribution is 6.01. The molecule has 2 N–H and O–H groups in total. The summed E-state index contributed by atoms with van der Waals surface area (Å²) in [7, 11) is 2.16. The van der Waals surface area contributed by atoms with Gasteiger partial charge in [0.15, 0.2) is 0 Å². The summed E-state index contributed by atoms with van der Waals surface area (Å²) in [5.74, 6) is 0.663. The summed E-state index contributed by atoms with van der Waals surface area (Å²) < 4.78 is 6.05. The number of ether oxygens (including phenoxy) is 1. The van der Waals surface area contributed by atoms with Gasteiger partial charge in [0.1, 0.15) is 18.1 Å². The molecule has 4 heterocycles. The number of phenolic OH excluding ortho intramolecular Hbond substituents is 1. The Bertz CT molecular complexity index is 1280. The Morgan fingerprint density at radius 1 is 1.00 bits per heavy atom. The highest BCUT2D eigenvalue weighted by atomic mass is 16.5. The van der Waals surface area contributed by atoms with Gasteiger partial charge in [0.2, 0.25) is 0 Å². The lowest BCUT2D eigenvalue weighted by Gasteiger charge is -2.32. The number of likely N-dealkylation sites (tertiary alicyclic amines) is 1. The lowest BCUT2D eigenvalue weighted by Crippen LogP contribution is -2.45. The topological polar surface area (TPSA) is 88.2 Å². The van der Waals surface area contributed by atoms with E-state index in [2.05, 4.69) is 44.1 Å². The maximum atomic E-state index is 13.5. The van der Waals surface area contributed by atoms with Crippen LogP contribution in [0.5, 0.6) is 11.5 Å². The van der Waals surface area contributed by atoms with E-state index in [1.165, 1.54) is 12.8 Å². The van der Waals surface area contributed by atoms with Crippen LogP contribution < -0.4 is 4.74 Å². The van der Waals surface area contributed by atoms with Crippen molar-refractivity contribution in [3.05, 3.63) is 52.7 Å². The second kappa shape index (κ2) is 10.3. The van der Waals surface area contributed by atoms with Crippen LogP contribution in [0.2, 0.25) is 0 Å². The number of nitrogens with zero attached hydrogens (tertiary/aromatic N) is 5. The van der Waals surface area contributed by atoms with E-state index in [-0.39, 0.29) is 11.7 Å². The van der Waals surface area contributed by atoms with Crippen molar-refractivity contribution in [1.82, 2.24) is 29.8 Å². The van der Waals surface area contributed by atoms with Crippen molar-refractivity contribution in [3.8, 4) is 11.5 Å². The van der Waals surface area contributed by atoms with Gasteiger partial charge >= 0.3 is 0 Å². The van der Waals surface area contributed by atoms with Gasteiger partial charge in [-0.05, 0) is 62.3 Å². The zero-order valence-corrected chi connectivity index (χ0v) is 21.6. The SMILES string of the molecule is CN1CCN(CCOc2ccc3c(c2)CN(C(=O)c2cc4c(CN5CCCC5)n[nH]c4cc2O)C3)CC1. The number of aromatic hydroxyl groups is 1. The molecule has 9 heteroatoms. The molecule has 37 heavy (non-hydrogen) atoms. The quantitative estimate of drug-likeness (QED) is 0.512. The molecule has 0 spiro atoms. The van der Waals surface area contributed by atoms with Crippen molar-refractivity contribution in [2.24, 2.45) is 0 Å². The number of amides is 1. The number of aromatic amines is 1. The van der Waals surface area contributed by atoms with E-state index in [0.29, 0.717) is 25.3 Å². The fourth-order valence-electron chi connectivity index (χ4n) is 5.69. The molecule has 0 aliphatic carbocycles. The minimum absolute atomic E-state index is 0.0160. The molecule has 6 rings (SSSR count). The minimum atomic E-state index is -0.165. The number of likely N-dealkylation sites (N-methyl/N-ethyl adjacent to an activating group) is 1. The van der Waals surface area contributed by atoms with Crippen LogP contribution in [0.15, 0.2) is 30.3 Å². The molecule has 0 saturated carbocycles. The van der Waals surface area contributed by atoms with Crippen LogP contribution >= 0.6 is 0 Å². The molecular formula is C28H36N6O3. The highest BCUT2D eigenvalue weighted by Crippen LogP contribution is 2.32. The summed E-state index contributed by atoms with van der Waals surface area (Å²) >= 11 is 0. The van der Waals surface area contributed by atoms with Crippen LogP contribution in [0.3, 0.4) is 0 Å². The number of fused-ring (bicyclic) bond motifs is 2. The number of piperazine rings is 1. The van der Waals surface area contributed by atoms with Crippen LogP contribution in [-0.2, 0) is 19.6 Å². The van der Waals surface area contributed by atoms with Crippen LogP contribution in [0.25, 0.3) is 10.9 Å². The zero-order valence-electron chi connectivity index (χ0n) is 21.6. The van der Waals surface area contributed by atoms with Crippen LogP contribution in [-0.4, -0.2) is 100 Å². The number of carbonyl (C=O) groups excluding carboxylic acids is 1. The maximum Gasteiger partial charge on any atom is 0.258 e. The number of nitrogens with one attached hydrogen (secondary N) is 1. The lowest BCUT2D eigenvalue weighted by molar-refractivity contribution is 0.0748. The van der Waals surface area contributed by atoms with E-state index >= 15 is 0 Å². The van der Waals surface area contributed by atoms with Gasteiger partial charge in [0.05, 0.1) is 16.8 Å². The molecule has 1 aromatic heterocycles. The second-order valence-corrected chi connectivity index (χ2v) is 10.7. The summed E-state index contributed by atoms with van der Waals surface area (Å²) in [5, 5.41) is 19.1. The Morgan fingerprint density at radius 3 is 2.59 bits per heavy atom. The standard InChI is InChI=1S/C28H36N6O3/c1-31-8-10-32(11-9-31)12-13-37-22-5-4-20-17-34(18-21(20)14-22)28(36)24-15-23-25(16-27(24)35)29-30-26(23)19-33-6-2-3-7-33/h4-5,14-16,35H,2-3,6-13,17-19H2,1H3,(H,29,30). The summed E-state index contributed by atoms with van der Waals surface area (Å²) in [5.41, 5.74) is 4.23. The monoisotopic (exact) mass is 504 g/mol. The van der Waals surface area contributed by atoms with E-state index in [4.69, 9.17) is 4.74 Å². The molecule has 3 aliphatic rings.